The molecule has 1 aromatic carbocycles. The largest absolute Gasteiger partial charge is 0.341 e. The van der Waals surface area contributed by atoms with E-state index in [2.05, 4.69) is 25.3 Å². The predicted molar refractivity (Wildman–Crippen MR) is 82.0 cm³/mol. The number of H-pyrrole nitrogens is 1. The lowest BCUT2D eigenvalue weighted by molar-refractivity contribution is -0.115. The monoisotopic (exact) mass is 317 g/mol. The molecule has 0 aliphatic heterocycles. The van der Waals surface area contributed by atoms with E-state index in [1.54, 1.807) is 19.1 Å². The number of aromatic nitrogens is 4. The van der Waals surface area contributed by atoms with E-state index in [9.17, 15) is 9.18 Å². The summed E-state index contributed by atoms with van der Waals surface area (Å²) in [4.78, 5) is 27.4. The van der Waals surface area contributed by atoms with E-state index >= 15 is 0 Å². The van der Waals surface area contributed by atoms with Gasteiger partial charge in [0, 0.05) is 5.69 Å². The number of carbonyl (C=O) groups is 1. The molecule has 3 rings (SSSR count). The fourth-order valence-corrected chi connectivity index (χ4v) is 2.74. The Hall–Kier alpha value is -2.48. The van der Waals surface area contributed by atoms with Crippen LogP contribution >= 0.6 is 11.8 Å². The van der Waals surface area contributed by atoms with Crippen molar-refractivity contribution in [1.82, 2.24) is 19.9 Å². The Bertz CT molecular complexity index is 822. The van der Waals surface area contributed by atoms with E-state index in [0.29, 0.717) is 21.9 Å². The van der Waals surface area contributed by atoms with Crippen LogP contribution in [0.25, 0.3) is 11.2 Å². The van der Waals surface area contributed by atoms with Crippen LogP contribution in [0.4, 0.5) is 10.1 Å². The number of anilines is 1. The highest BCUT2D eigenvalue weighted by molar-refractivity contribution is 8.00. The minimum atomic E-state index is -0.412. The molecule has 8 heteroatoms. The van der Waals surface area contributed by atoms with E-state index in [4.69, 9.17) is 0 Å². The molecular formula is C14H12FN5OS. The van der Waals surface area contributed by atoms with E-state index in [0.717, 1.165) is 0 Å². The molecule has 0 saturated carbocycles. The summed E-state index contributed by atoms with van der Waals surface area (Å²) in [5, 5.41) is 2.91. The van der Waals surface area contributed by atoms with Gasteiger partial charge in [-0.2, -0.15) is 0 Å². The maximum Gasteiger partial charge on any atom is 0.237 e. The lowest BCUT2D eigenvalue weighted by Gasteiger charge is -2.11. The molecule has 22 heavy (non-hydrogen) atoms. The number of nitrogens with one attached hydrogen (secondary N) is 2. The summed E-state index contributed by atoms with van der Waals surface area (Å²) in [6.45, 7) is 1.75. The summed E-state index contributed by atoms with van der Waals surface area (Å²) >= 11 is 1.28. The Labute approximate surface area is 129 Å². The molecule has 112 valence electrons. The second kappa shape index (κ2) is 6.10. The van der Waals surface area contributed by atoms with Gasteiger partial charge in [-0.15, -0.1) is 0 Å². The SMILES string of the molecule is C[C@H](Sc1ncnc2nc[nH]c12)C(=O)Nc1cccc(F)c1. The van der Waals surface area contributed by atoms with Gasteiger partial charge >= 0.3 is 0 Å². The van der Waals surface area contributed by atoms with Crippen LogP contribution in [-0.2, 0) is 4.79 Å². The zero-order valence-electron chi connectivity index (χ0n) is 11.6. The predicted octanol–water partition coefficient (Wildman–Crippen LogP) is 2.61. The van der Waals surface area contributed by atoms with Gasteiger partial charge in [0.2, 0.25) is 5.91 Å². The molecule has 3 aromatic rings. The molecular weight excluding hydrogens is 305 g/mol. The Morgan fingerprint density at radius 1 is 1.36 bits per heavy atom. The smallest absolute Gasteiger partial charge is 0.237 e. The summed E-state index contributed by atoms with van der Waals surface area (Å²) in [7, 11) is 0. The van der Waals surface area contributed by atoms with E-state index in [1.807, 2.05) is 0 Å². The number of carbonyl (C=O) groups excluding carboxylic acids is 1. The van der Waals surface area contributed by atoms with Crippen molar-refractivity contribution in [3.8, 4) is 0 Å². The van der Waals surface area contributed by atoms with Crippen LogP contribution in [0.2, 0.25) is 0 Å². The Morgan fingerprint density at radius 2 is 2.23 bits per heavy atom. The minimum absolute atomic E-state index is 0.234. The first-order valence-electron chi connectivity index (χ1n) is 6.50. The normalized spacial score (nSPS) is 12.3. The molecule has 2 aromatic heterocycles. The van der Waals surface area contributed by atoms with Gasteiger partial charge in [0.1, 0.15) is 22.7 Å². The summed E-state index contributed by atoms with van der Waals surface area (Å²) < 4.78 is 13.1. The number of hydrogen-bond donors (Lipinski definition) is 2. The third-order valence-electron chi connectivity index (χ3n) is 2.94. The summed E-state index contributed by atoms with van der Waals surface area (Å²) in [5.41, 5.74) is 1.67. The number of fused-ring (bicyclic) bond motifs is 1. The first kappa shape index (κ1) is 14.5. The number of hydrogen-bond acceptors (Lipinski definition) is 5. The fraction of sp³-hybridized carbons (Fsp3) is 0.143. The maximum atomic E-state index is 13.1. The molecule has 0 aliphatic rings. The molecule has 6 nitrogen and oxygen atoms in total. The van der Waals surface area contributed by atoms with Crippen LogP contribution in [0.3, 0.4) is 0 Å². The maximum absolute atomic E-state index is 13.1. The lowest BCUT2D eigenvalue weighted by Crippen LogP contribution is -2.22. The highest BCUT2D eigenvalue weighted by Crippen LogP contribution is 2.26. The number of aromatic amines is 1. The molecule has 0 fully saturated rings. The summed E-state index contributed by atoms with van der Waals surface area (Å²) in [5.74, 6) is -0.630. The van der Waals surface area contributed by atoms with Crippen molar-refractivity contribution in [3.05, 3.63) is 42.7 Å². The molecule has 0 aliphatic carbocycles. The van der Waals surface area contributed by atoms with Gasteiger partial charge in [-0.1, -0.05) is 17.8 Å². The molecule has 1 amide bonds. The molecule has 0 spiro atoms. The molecule has 2 heterocycles. The number of rotatable bonds is 4. The Kier molecular flexibility index (Phi) is 4.01. The van der Waals surface area contributed by atoms with E-state index in [1.165, 1.54) is 36.5 Å². The third-order valence-corrected chi connectivity index (χ3v) is 4.04. The molecule has 2 N–H and O–H groups in total. The zero-order chi connectivity index (χ0) is 15.5. The van der Waals surface area contributed by atoms with Gasteiger partial charge in [0.05, 0.1) is 11.6 Å². The second-order valence-electron chi connectivity index (χ2n) is 4.54. The average Bonchev–Trinajstić information content (AvgIpc) is 2.96. The number of amides is 1. The summed E-state index contributed by atoms with van der Waals surface area (Å²) in [6, 6.07) is 5.77. The second-order valence-corrected chi connectivity index (χ2v) is 5.87. The van der Waals surface area contributed by atoms with E-state index in [-0.39, 0.29) is 5.91 Å². The van der Waals surface area contributed by atoms with Crippen molar-refractivity contribution in [2.75, 3.05) is 5.32 Å². The number of imidazole rings is 1. The number of halogens is 1. The number of thioether (sulfide) groups is 1. The van der Waals surface area contributed by atoms with Crippen LogP contribution < -0.4 is 5.32 Å². The average molecular weight is 317 g/mol. The molecule has 1 atom stereocenters. The highest BCUT2D eigenvalue weighted by atomic mass is 32.2. The van der Waals surface area contributed by atoms with Crippen molar-refractivity contribution in [3.63, 3.8) is 0 Å². The number of benzene rings is 1. The Morgan fingerprint density at radius 3 is 3.05 bits per heavy atom. The van der Waals surface area contributed by atoms with Gasteiger partial charge < -0.3 is 10.3 Å². The molecule has 0 unspecified atom stereocenters. The van der Waals surface area contributed by atoms with Gasteiger partial charge in [-0.25, -0.2) is 19.3 Å². The standard InChI is InChI=1S/C14H12FN5OS/c1-8(13(21)20-10-4-2-3-9(15)5-10)22-14-11-12(17-6-16-11)18-7-19-14/h2-8H,1H3,(H,20,21)(H,16,17,18,19)/t8-/m0/s1. The van der Waals surface area contributed by atoms with Gasteiger partial charge in [0.15, 0.2) is 5.65 Å². The molecule has 0 radical (unpaired) electrons. The van der Waals surface area contributed by atoms with Crippen molar-refractivity contribution >= 4 is 34.5 Å². The minimum Gasteiger partial charge on any atom is -0.341 e. The van der Waals surface area contributed by atoms with Crippen LogP contribution in [0.1, 0.15) is 6.92 Å². The third kappa shape index (κ3) is 3.06. The van der Waals surface area contributed by atoms with Crippen LogP contribution in [-0.4, -0.2) is 31.1 Å². The quantitative estimate of drug-likeness (QED) is 0.571. The zero-order valence-corrected chi connectivity index (χ0v) is 12.4. The van der Waals surface area contributed by atoms with Gasteiger partial charge in [0.25, 0.3) is 0 Å². The van der Waals surface area contributed by atoms with Crippen LogP contribution in [0.5, 0.6) is 0 Å². The Balaban J connectivity index is 1.72. The topological polar surface area (TPSA) is 83.6 Å². The van der Waals surface area contributed by atoms with Crippen LogP contribution in [0.15, 0.2) is 41.9 Å². The van der Waals surface area contributed by atoms with Crippen molar-refractivity contribution < 1.29 is 9.18 Å². The fourth-order valence-electron chi connectivity index (χ4n) is 1.86. The first-order valence-corrected chi connectivity index (χ1v) is 7.38. The first-order chi connectivity index (χ1) is 10.6. The van der Waals surface area contributed by atoms with Gasteiger partial charge in [-0.05, 0) is 25.1 Å². The lowest BCUT2D eigenvalue weighted by atomic mass is 10.3. The van der Waals surface area contributed by atoms with E-state index < -0.39 is 11.1 Å². The number of nitrogens with zero attached hydrogens (tertiary/aromatic N) is 3. The molecule has 0 saturated heterocycles. The van der Waals surface area contributed by atoms with Crippen molar-refractivity contribution in [2.24, 2.45) is 0 Å². The van der Waals surface area contributed by atoms with Gasteiger partial charge in [-0.3, -0.25) is 4.79 Å². The summed E-state index contributed by atoms with van der Waals surface area (Å²) in [6.07, 6.45) is 2.93. The van der Waals surface area contributed by atoms with Crippen molar-refractivity contribution in [2.45, 2.75) is 17.2 Å². The molecule has 0 bridgehead atoms. The van der Waals surface area contributed by atoms with Crippen LogP contribution in [0, 0.1) is 5.82 Å². The van der Waals surface area contributed by atoms with Crippen molar-refractivity contribution in [1.29, 1.82) is 0 Å². The highest BCUT2D eigenvalue weighted by Gasteiger charge is 2.18.